The number of aryl methyl sites for hydroxylation is 1. The first-order valence-electron chi connectivity index (χ1n) is 7.64. The number of nitrogens with zero attached hydrogens (tertiary/aromatic N) is 2. The van der Waals surface area contributed by atoms with Gasteiger partial charge in [-0.15, -0.1) is 0 Å². The third-order valence-corrected chi connectivity index (χ3v) is 3.43. The quantitative estimate of drug-likeness (QED) is 0.712. The lowest BCUT2D eigenvalue weighted by atomic mass is 10.2. The van der Waals surface area contributed by atoms with Gasteiger partial charge in [0.1, 0.15) is 0 Å². The lowest BCUT2D eigenvalue weighted by Gasteiger charge is -2.05. The van der Waals surface area contributed by atoms with Gasteiger partial charge in [-0.25, -0.2) is 0 Å². The second-order valence-corrected chi connectivity index (χ2v) is 5.19. The minimum atomic E-state index is -0.189. The molecule has 3 rings (SSSR count). The van der Waals surface area contributed by atoms with Crippen LogP contribution in [0.3, 0.4) is 0 Å². The molecule has 0 unspecified atom stereocenters. The van der Waals surface area contributed by atoms with E-state index < -0.39 is 0 Å². The van der Waals surface area contributed by atoms with Crippen LogP contribution in [0.15, 0.2) is 51.6 Å². The second-order valence-electron chi connectivity index (χ2n) is 5.19. The molecule has 0 radical (unpaired) electrons. The van der Waals surface area contributed by atoms with Crippen LogP contribution >= 0.6 is 0 Å². The summed E-state index contributed by atoms with van der Waals surface area (Å²) < 4.78 is 10.3. The second kappa shape index (κ2) is 7.43. The molecule has 8 heteroatoms. The van der Waals surface area contributed by atoms with Gasteiger partial charge in [-0.3, -0.25) is 9.59 Å². The van der Waals surface area contributed by atoms with Crippen molar-refractivity contribution >= 4 is 17.5 Å². The van der Waals surface area contributed by atoms with Gasteiger partial charge in [0.25, 0.3) is 5.91 Å². The Morgan fingerprint density at radius 1 is 1.16 bits per heavy atom. The lowest BCUT2D eigenvalue weighted by molar-refractivity contribution is -0.116. The number of anilines is 1. The largest absolute Gasteiger partial charge is 0.461 e. The molecule has 2 aromatic heterocycles. The van der Waals surface area contributed by atoms with Gasteiger partial charge in [0.05, 0.1) is 6.26 Å². The van der Waals surface area contributed by atoms with Gasteiger partial charge in [-0.1, -0.05) is 5.16 Å². The van der Waals surface area contributed by atoms with E-state index in [1.807, 2.05) is 0 Å². The third kappa shape index (κ3) is 4.11. The number of nitrogens with one attached hydrogen (secondary N) is 2. The maximum absolute atomic E-state index is 12.0. The number of furan rings is 1. The number of benzene rings is 1. The van der Waals surface area contributed by atoms with Crippen LogP contribution in [0.4, 0.5) is 5.69 Å². The van der Waals surface area contributed by atoms with Crippen LogP contribution < -0.4 is 10.6 Å². The number of carbonyl (C=O) groups is 2. The SMILES string of the molecule is CNC(=O)c1ccc(NC(=O)CCc2nc(-c3ccco3)no2)cc1. The highest BCUT2D eigenvalue weighted by Crippen LogP contribution is 2.16. The molecule has 25 heavy (non-hydrogen) atoms. The summed E-state index contributed by atoms with van der Waals surface area (Å²) in [6.45, 7) is 0. The first-order valence-corrected chi connectivity index (χ1v) is 7.64. The molecule has 2 heterocycles. The van der Waals surface area contributed by atoms with E-state index in [0.717, 1.165) is 0 Å². The van der Waals surface area contributed by atoms with Crippen molar-refractivity contribution in [2.24, 2.45) is 0 Å². The maximum atomic E-state index is 12.0. The molecule has 0 atom stereocenters. The summed E-state index contributed by atoms with van der Waals surface area (Å²) in [6, 6.07) is 10.1. The molecule has 0 aliphatic carbocycles. The van der Waals surface area contributed by atoms with Crippen LogP contribution in [0.2, 0.25) is 0 Å². The average molecular weight is 340 g/mol. The van der Waals surface area contributed by atoms with Gasteiger partial charge in [0, 0.05) is 31.1 Å². The van der Waals surface area contributed by atoms with Gasteiger partial charge in [-0.05, 0) is 36.4 Å². The predicted octanol–water partition coefficient (Wildman–Crippen LogP) is 2.26. The molecule has 0 bridgehead atoms. The Morgan fingerprint density at radius 3 is 2.64 bits per heavy atom. The highest BCUT2D eigenvalue weighted by Gasteiger charge is 2.12. The average Bonchev–Trinajstić information content (AvgIpc) is 3.31. The summed E-state index contributed by atoms with van der Waals surface area (Å²) in [4.78, 5) is 27.6. The van der Waals surface area contributed by atoms with Gasteiger partial charge < -0.3 is 19.6 Å². The number of aromatic nitrogens is 2. The number of rotatable bonds is 6. The van der Waals surface area contributed by atoms with E-state index in [1.54, 1.807) is 43.4 Å². The predicted molar refractivity (Wildman–Crippen MR) is 88.8 cm³/mol. The zero-order chi connectivity index (χ0) is 17.6. The maximum Gasteiger partial charge on any atom is 0.251 e. The monoisotopic (exact) mass is 340 g/mol. The van der Waals surface area contributed by atoms with Gasteiger partial charge in [0.2, 0.25) is 17.6 Å². The van der Waals surface area contributed by atoms with Gasteiger partial charge in [-0.2, -0.15) is 4.98 Å². The van der Waals surface area contributed by atoms with E-state index in [4.69, 9.17) is 8.94 Å². The fourth-order valence-corrected chi connectivity index (χ4v) is 2.16. The zero-order valence-corrected chi connectivity index (χ0v) is 13.5. The van der Waals surface area contributed by atoms with Crippen LogP contribution in [-0.4, -0.2) is 29.0 Å². The molecular formula is C17H16N4O4. The smallest absolute Gasteiger partial charge is 0.251 e. The highest BCUT2D eigenvalue weighted by molar-refractivity contribution is 5.95. The van der Waals surface area contributed by atoms with Crippen molar-refractivity contribution in [3.8, 4) is 11.6 Å². The Labute approximate surface area is 143 Å². The van der Waals surface area contributed by atoms with E-state index in [0.29, 0.717) is 35.1 Å². The Balaban J connectivity index is 1.52. The summed E-state index contributed by atoms with van der Waals surface area (Å²) in [5.41, 5.74) is 1.14. The van der Waals surface area contributed by atoms with Crippen molar-refractivity contribution in [3.63, 3.8) is 0 Å². The Hall–Kier alpha value is -3.42. The van der Waals surface area contributed by atoms with Crippen LogP contribution in [0.5, 0.6) is 0 Å². The van der Waals surface area contributed by atoms with Crippen molar-refractivity contribution in [2.45, 2.75) is 12.8 Å². The normalized spacial score (nSPS) is 10.4. The van der Waals surface area contributed by atoms with E-state index >= 15 is 0 Å². The van der Waals surface area contributed by atoms with E-state index in [2.05, 4.69) is 20.8 Å². The van der Waals surface area contributed by atoms with E-state index in [9.17, 15) is 9.59 Å². The molecule has 0 aliphatic rings. The first kappa shape index (κ1) is 16.4. The minimum Gasteiger partial charge on any atom is -0.461 e. The van der Waals surface area contributed by atoms with Crippen molar-refractivity contribution in [3.05, 3.63) is 54.1 Å². The van der Waals surface area contributed by atoms with Crippen molar-refractivity contribution < 1.29 is 18.5 Å². The number of carbonyl (C=O) groups excluding carboxylic acids is 2. The van der Waals surface area contributed by atoms with Gasteiger partial charge in [0.15, 0.2) is 5.76 Å². The molecule has 128 valence electrons. The molecular weight excluding hydrogens is 324 g/mol. The van der Waals surface area contributed by atoms with Crippen LogP contribution in [-0.2, 0) is 11.2 Å². The summed E-state index contributed by atoms with van der Waals surface area (Å²) in [5, 5.41) is 9.09. The van der Waals surface area contributed by atoms with Gasteiger partial charge >= 0.3 is 0 Å². The Morgan fingerprint density at radius 2 is 1.96 bits per heavy atom. The summed E-state index contributed by atoms with van der Waals surface area (Å²) in [6.07, 6.45) is 2.03. The molecule has 0 fully saturated rings. The summed E-state index contributed by atoms with van der Waals surface area (Å²) in [7, 11) is 1.56. The first-order chi connectivity index (χ1) is 12.2. The fraction of sp³-hybridized carbons (Fsp3) is 0.176. The molecule has 0 saturated heterocycles. The third-order valence-electron chi connectivity index (χ3n) is 3.43. The number of hydrogen-bond acceptors (Lipinski definition) is 6. The minimum absolute atomic E-state index is 0.179. The number of amides is 2. The van der Waals surface area contributed by atoms with Crippen molar-refractivity contribution in [2.75, 3.05) is 12.4 Å². The molecule has 2 N–H and O–H groups in total. The Kier molecular flexibility index (Phi) is 4.89. The molecule has 0 aliphatic heterocycles. The molecule has 2 amide bonds. The highest BCUT2D eigenvalue weighted by atomic mass is 16.5. The van der Waals surface area contributed by atoms with Crippen LogP contribution in [0.1, 0.15) is 22.7 Å². The fourth-order valence-electron chi connectivity index (χ4n) is 2.16. The number of hydrogen-bond donors (Lipinski definition) is 2. The standard InChI is InChI=1S/C17H16N4O4/c1-18-17(23)11-4-6-12(7-5-11)19-14(22)8-9-15-20-16(21-25-15)13-3-2-10-24-13/h2-7,10H,8-9H2,1H3,(H,18,23)(H,19,22). The topological polar surface area (TPSA) is 110 Å². The zero-order valence-electron chi connectivity index (χ0n) is 13.5. The summed E-state index contributed by atoms with van der Waals surface area (Å²) in [5.74, 6) is 0.851. The van der Waals surface area contributed by atoms with Crippen LogP contribution in [0, 0.1) is 0 Å². The van der Waals surface area contributed by atoms with Crippen molar-refractivity contribution in [1.29, 1.82) is 0 Å². The molecule has 3 aromatic rings. The van der Waals surface area contributed by atoms with Crippen molar-refractivity contribution in [1.82, 2.24) is 15.5 Å². The molecule has 0 spiro atoms. The molecule has 0 saturated carbocycles. The van der Waals surface area contributed by atoms with Crippen LogP contribution in [0.25, 0.3) is 11.6 Å². The lowest BCUT2D eigenvalue weighted by Crippen LogP contribution is -2.18. The molecule has 1 aromatic carbocycles. The molecule has 8 nitrogen and oxygen atoms in total. The Bertz CT molecular complexity index is 853. The van der Waals surface area contributed by atoms with E-state index in [1.165, 1.54) is 6.26 Å². The summed E-state index contributed by atoms with van der Waals surface area (Å²) >= 11 is 0. The van der Waals surface area contributed by atoms with E-state index in [-0.39, 0.29) is 18.2 Å².